The summed E-state index contributed by atoms with van der Waals surface area (Å²) in [5.41, 5.74) is 0.445. The average Bonchev–Trinajstić information content (AvgIpc) is 2.59. The lowest BCUT2D eigenvalue weighted by atomic mass is 10.1. The number of piperidine rings is 1. The third-order valence-electron chi connectivity index (χ3n) is 3.28. The van der Waals surface area contributed by atoms with Crippen LogP contribution in [0.3, 0.4) is 0 Å². The molecule has 1 aromatic heterocycles. The van der Waals surface area contributed by atoms with E-state index >= 15 is 0 Å². The van der Waals surface area contributed by atoms with Crippen molar-refractivity contribution in [1.29, 1.82) is 0 Å². The van der Waals surface area contributed by atoms with E-state index in [0.717, 1.165) is 19.3 Å². The summed E-state index contributed by atoms with van der Waals surface area (Å²) in [6.45, 7) is 5.85. The molecule has 0 bridgehead atoms. The minimum atomic E-state index is -3.45. The smallest absolute Gasteiger partial charge is 0.248 e. The Kier molecular flexibility index (Phi) is 3.27. The Morgan fingerprint density at radius 1 is 1.35 bits per heavy atom. The number of rotatable bonds is 2. The van der Waals surface area contributed by atoms with Gasteiger partial charge in [-0.3, -0.25) is 0 Å². The van der Waals surface area contributed by atoms with Crippen LogP contribution in [0.4, 0.5) is 0 Å². The Morgan fingerprint density at radius 2 is 2.06 bits per heavy atom. The van der Waals surface area contributed by atoms with Crippen molar-refractivity contribution in [2.24, 2.45) is 0 Å². The Bertz CT molecular complexity index is 487. The molecule has 0 aromatic carbocycles. The lowest BCUT2D eigenvalue weighted by molar-refractivity contribution is 0.268. The molecule has 96 valence electrons. The van der Waals surface area contributed by atoms with Crippen molar-refractivity contribution in [3.8, 4) is 0 Å². The Morgan fingerprint density at radius 3 is 2.59 bits per heavy atom. The van der Waals surface area contributed by atoms with Gasteiger partial charge in [0.2, 0.25) is 10.0 Å². The van der Waals surface area contributed by atoms with Crippen molar-refractivity contribution in [2.75, 3.05) is 6.54 Å². The highest BCUT2D eigenvalue weighted by atomic mass is 32.2. The highest BCUT2D eigenvalue weighted by Crippen LogP contribution is 2.28. The molecular formula is C11H18N2O3S. The third kappa shape index (κ3) is 2.11. The number of hydrogen-bond acceptors (Lipinski definition) is 4. The number of aromatic nitrogens is 1. The van der Waals surface area contributed by atoms with E-state index in [4.69, 9.17) is 4.52 Å². The van der Waals surface area contributed by atoms with Crippen LogP contribution in [0.25, 0.3) is 0 Å². The molecule has 1 saturated heterocycles. The van der Waals surface area contributed by atoms with E-state index in [9.17, 15) is 8.42 Å². The average molecular weight is 258 g/mol. The molecule has 0 unspecified atom stereocenters. The molecule has 0 radical (unpaired) electrons. The second-order valence-electron chi connectivity index (χ2n) is 4.61. The van der Waals surface area contributed by atoms with Gasteiger partial charge in [-0.2, -0.15) is 4.31 Å². The van der Waals surface area contributed by atoms with Crippen LogP contribution in [0.2, 0.25) is 0 Å². The van der Waals surface area contributed by atoms with Gasteiger partial charge in [0.25, 0.3) is 0 Å². The summed E-state index contributed by atoms with van der Waals surface area (Å²) in [5, 5.41) is 3.72. The molecule has 1 aliphatic rings. The molecule has 0 spiro atoms. The fourth-order valence-electron chi connectivity index (χ4n) is 2.39. The van der Waals surface area contributed by atoms with E-state index in [1.165, 1.54) is 0 Å². The summed E-state index contributed by atoms with van der Waals surface area (Å²) in [6, 6.07) is 0.0578. The minimum Gasteiger partial charge on any atom is -0.360 e. The van der Waals surface area contributed by atoms with Crippen molar-refractivity contribution in [3.63, 3.8) is 0 Å². The molecule has 17 heavy (non-hydrogen) atoms. The Labute approximate surface area is 102 Å². The van der Waals surface area contributed by atoms with Gasteiger partial charge < -0.3 is 4.52 Å². The van der Waals surface area contributed by atoms with Gasteiger partial charge in [-0.25, -0.2) is 8.42 Å². The maximum Gasteiger partial charge on any atom is 0.248 e. The van der Waals surface area contributed by atoms with Gasteiger partial charge in [-0.1, -0.05) is 11.6 Å². The van der Waals surface area contributed by atoms with E-state index in [1.54, 1.807) is 18.2 Å². The van der Waals surface area contributed by atoms with Crippen LogP contribution in [0.15, 0.2) is 9.42 Å². The van der Waals surface area contributed by atoms with E-state index in [2.05, 4.69) is 5.16 Å². The standard InChI is InChI=1S/C11H18N2O3S/c1-8-6-4-5-7-13(8)17(14,15)11-9(2)12-16-10(11)3/h8H,4-7H2,1-3H3/t8-/m1/s1. The zero-order valence-corrected chi connectivity index (χ0v) is 11.2. The molecule has 0 N–H and O–H groups in total. The quantitative estimate of drug-likeness (QED) is 0.812. The second kappa shape index (κ2) is 4.42. The third-order valence-corrected chi connectivity index (χ3v) is 5.54. The van der Waals surface area contributed by atoms with E-state index < -0.39 is 10.0 Å². The monoisotopic (exact) mass is 258 g/mol. The van der Waals surface area contributed by atoms with Crippen LogP contribution in [-0.4, -0.2) is 30.5 Å². The van der Waals surface area contributed by atoms with Gasteiger partial charge in [0.1, 0.15) is 10.6 Å². The minimum absolute atomic E-state index is 0.0578. The summed E-state index contributed by atoms with van der Waals surface area (Å²) >= 11 is 0. The van der Waals surface area contributed by atoms with Crippen molar-refractivity contribution >= 4 is 10.0 Å². The van der Waals surface area contributed by atoms with E-state index in [1.807, 2.05) is 6.92 Å². The van der Waals surface area contributed by atoms with Crippen molar-refractivity contribution in [1.82, 2.24) is 9.46 Å². The van der Waals surface area contributed by atoms with E-state index in [0.29, 0.717) is 18.0 Å². The summed E-state index contributed by atoms with van der Waals surface area (Å²) in [7, 11) is -3.45. The largest absolute Gasteiger partial charge is 0.360 e. The predicted octanol–water partition coefficient (Wildman–Crippen LogP) is 1.85. The zero-order chi connectivity index (χ0) is 12.6. The molecule has 1 fully saturated rings. The molecule has 5 nitrogen and oxygen atoms in total. The van der Waals surface area contributed by atoms with Crippen molar-refractivity contribution in [2.45, 2.75) is 51.0 Å². The highest BCUT2D eigenvalue weighted by molar-refractivity contribution is 7.89. The number of sulfonamides is 1. The molecule has 1 aliphatic heterocycles. The number of hydrogen-bond donors (Lipinski definition) is 0. The van der Waals surface area contributed by atoms with Crippen LogP contribution in [0, 0.1) is 13.8 Å². The normalized spacial score (nSPS) is 22.9. The fourth-order valence-corrected chi connectivity index (χ4v) is 4.38. The molecule has 2 rings (SSSR count). The predicted molar refractivity (Wildman–Crippen MR) is 63.2 cm³/mol. The van der Waals surface area contributed by atoms with Gasteiger partial charge in [-0.05, 0) is 33.6 Å². The molecule has 6 heteroatoms. The lowest BCUT2D eigenvalue weighted by Crippen LogP contribution is -2.42. The molecule has 1 aromatic rings. The molecule has 0 amide bonds. The lowest BCUT2D eigenvalue weighted by Gasteiger charge is -2.32. The summed E-state index contributed by atoms with van der Waals surface area (Å²) in [4.78, 5) is 0.242. The maximum absolute atomic E-state index is 12.5. The first-order valence-electron chi connectivity index (χ1n) is 5.89. The SMILES string of the molecule is Cc1noc(C)c1S(=O)(=O)N1CCCC[C@H]1C. The van der Waals surface area contributed by atoms with Crippen molar-refractivity contribution < 1.29 is 12.9 Å². The van der Waals surface area contributed by atoms with Crippen LogP contribution >= 0.6 is 0 Å². The van der Waals surface area contributed by atoms with Gasteiger partial charge in [0.05, 0.1) is 0 Å². The van der Waals surface area contributed by atoms with Crippen LogP contribution < -0.4 is 0 Å². The molecule has 2 heterocycles. The van der Waals surface area contributed by atoms with Crippen LogP contribution in [0.1, 0.15) is 37.6 Å². The Hall–Kier alpha value is -0.880. The Balaban J connectivity index is 2.42. The van der Waals surface area contributed by atoms with Crippen molar-refractivity contribution in [3.05, 3.63) is 11.5 Å². The second-order valence-corrected chi connectivity index (χ2v) is 6.44. The molecule has 0 aliphatic carbocycles. The topological polar surface area (TPSA) is 63.4 Å². The van der Waals surface area contributed by atoms with Crippen LogP contribution in [-0.2, 0) is 10.0 Å². The molecule has 0 saturated carbocycles. The van der Waals surface area contributed by atoms with Crippen LogP contribution in [0.5, 0.6) is 0 Å². The first kappa shape index (κ1) is 12.6. The summed E-state index contributed by atoms with van der Waals surface area (Å²) in [5.74, 6) is 0.375. The molecule has 1 atom stereocenters. The van der Waals surface area contributed by atoms with Gasteiger partial charge in [0, 0.05) is 12.6 Å². The molecular weight excluding hydrogens is 240 g/mol. The number of aryl methyl sites for hydroxylation is 2. The summed E-state index contributed by atoms with van der Waals surface area (Å²) in [6.07, 6.45) is 2.93. The van der Waals surface area contributed by atoms with E-state index in [-0.39, 0.29) is 10.9 Å². The van der Waals surface area contributed by atoms with Gasteiger partial charge in [-0.15, -0.1) is 0 Å². The van der Waals surface area contributed by atoms with Gasteiger partial charge >= 0.3 is 0 Å². The maximum atomic E-state index is 12.5. The van der Waals surface area contributed by atoms with Gasteiger partial charge in [0.15, 0.2) is 5.76 Å². The summed E-state index contributed by atoms with van der Waals surface area (Å²) < 4.78 is 31.6. The first-order valence-corrected chi connectivity index (χ1v) is 7.33. The zero-order valence-electron chi connectivity index (χ0n) is 10.4. The first-order chi connectivity index (χ1) is 7.94. The number of nitrogens with zero attached hydrogens (tertiary/aromatic N) is 2. The highest BCUT2D eigenvalue weighted by Gasteiger charge is 2.35. The fraction of sp³-hybridized carbons (Fsp3) is 0.727.